The molecule has 1 aromatic carbocycles. The van der Waals surface area contributed by atoms with Crippen molar-refractivity contribution < 1.29 is 9.47 Å². The van der Waals surface area contributed by atoms with Crippen LogP contribution in [0.25, 0.3) is 0 Å². The van der Waals surface area contributed by atoms with E-state index in [9.17, 15) is 0 Å². The van der Waals surface area contributed by atoms with Gasteiger partial charge >= 0.3 is 0 Å². The highest BCUT2D eigenvalue weighted by atomic mass is 16.5. The summed E-state index contributed by atoms with van der Waals surface area (Å²) in [6.45, 7) is 13.3. The average Bonchev–Trinajstić information content (AvgIpc) is 3.54. The number of rotatable bonds is 9. The molecule has 0 aromatic heterocycles. The summed E-state index contributed by atoms with van der Waals surface area (Å²) in [5.74, 6) is 2.59. The fourth-order valence-corrected chi connectivity index (χ4v) is 3.32. The number of nitrogens with zero attached hydrogens (tertiary/aromatic N) is 2. The van der Waals surface area contributed by atoms with Crippen LogP contribution in [-0.2, 0) is 11.3 Å². The summed E-state index contributed by atoms with van der Waals surface area (Å²) in [5.41, 5.74) is 2.37. The van der Waals surface area contributed by atoms with E-state index in [0.717, 1.165) is 69.2 Å². The van der Waals surface area contributed by atoms with E-state index in [1.54, 1.807) is 0 Å². The van der Waals surface area contributed by atoms with Crippen molar-refractivity contribution in [3.63, 3.8) is 0 Å². The van der Waals surface area contributed by atoms with Crippen LogP contribution >= 0.6 is 0 Å². The molecule has 6 nitrogen and oxygen atoms in total. The number of benzene rings is 1. The van der Waals surface area contributed by atoms with Gasteiger partial charge in [0.25, 0.3) is 0 Å². The zero-order valence-electron chi connectivity index (χ0n) is 17.7. The third kappa shape index (κ3) is 6.67. The molecule has 0 radical (unpaired) electrons. The first kappa shape index (κ1) is 20.9. The van der Waals surface area contributed by atoms with Crippen molar-refractivity contribution in [3.05, 3.63) is 29.3 Å². The standard InChI is InChI=1S/C22H36N4O2/c1-4-23-22(24-14-18(3)26-9-11-27-12-10-26)25-15-20-8-5-17(2)13-21(20)28-16-19-6-7-19/h5,8,13,18-19H,4,6-7,9-12,14-16H2,1-3H3,(H2,23,24,25). The van der Waals surface area contributed by atoms with Gasteiger partial charge in [0.15, 0.2) is 5.96 Å². The number of hydrogen-bond acceptors (Lipinski definition) is 4. The number of guanidine groups is 1. The fraction of sp³-hybridized carbons (Fsp3) is 0.682. The first-order valence-electron chi connectivity index (χ1n) is 10.7. The van der Waals surface area contributed by atoms with Crippen molar-refractivity contribution in [1.29, 1.82) is 0 Å². The maximum absolute atomic E-state index is 6.08. The fourth-order valence-electron chi connectivity index (χ4n) is 3.32. The molecule has 1 saturated carbocycles. The Morgan fingerprint density at radius 1 is 1.29 bits per heavy atom. The van der Waals surface area contributed by atoms with Gasteiger partial charge in [0.2, 0.25) is 0 Å². The van der Waals surface area contributed by atoms with E-state index in [0.29, 0.717) is 12.6 Å². The van der Waals surface area contributed by atoms with Gasteiger partial charge in [-0.3, -0.25) is 4.90 Å². The molecule has 2 aliphatic rings. The first-order chi connectivity index (χ1) is 13.7. The maximum atomic E-state index is 6.08. The molecule has 0 bridgehead atoms. The molecule has 3 rings (SSSR count). The monoisotopic (exact) mass is 388 g/mol. The summed E-state index contributed by atoms with van der Waals surface area (Å²) >= 11 is 0. The van der Waals surface area contributed by atoms with E-state index in [1.807, 2.05) is 0 Å². The van der Waals surface area contributed by atoms with Crippen LogP contribution in [0.15, 0.2) is 23.2 Å². The summed E-state index contributed by atoms with van der Waals surface area (Å²) in [6, 6.07) is 6.86. The Morgan fingerprint density at radius 2 is 2.07 bits per heavy atom. The van der Waals surface area contributed by atoms with Crippen LogP contribution in [0, 0.1) is 12.8 Å². The van der Waals surface area contributed by atoms with Crippen molar-refractivity contribution in [2.24, 2.45) is 10.9 Å². The Labute approximate surface area is 169 Å². The zero-order chi connectivity index (χ0) is 19.8. The van der Waals surface area contributed by atoms with Gasteiger partial charge in [-0.1, -0.05) is 12.1 Å². The lowest BCUT2D eigenvalue weighted by atomic mass is 10.1. The molecule has 1 saturated heterocycles. The molecular weight excluding hydrogens is 352 g/mol. The molecule has 1 heterocycles. The van der Waals surface area contributed by atoms with Crippen molar-refractivity contribution in [2.75, 3.05) is 46.0 Å². The molecule has 6 heteroatoms. The molecule has 156 valence electrons. The predicted molar refractivity (Wildman–Crippen MR) is 114 cm³/mol. The van der Waals surface area contributed by atoms with Crippen LogP contribution < -0.4 is 15.4 Å². The van der Waals surface area contributed by atoms with Crippen molar-refractivity contribution in [1.82, 2.24) is 15.5 Å². The predicted octanol–water partition coefficient (Wildman–Crippen LogP) is 2.56. The number of morpholine rings is 1. The van der Waals surface area contributed by atoms with Crippen LogP contribution in [-0.4, -0.2) is 62.9 Å². The van der Waals surface area contributed by atoms with Crippen LogP contribution in [0.5, 0.6) is 5.75 Å². The molecule has 0 spiro atoms. The molecule has 1 atom stereocenters. The number of aliphatic imine (C=N–C) groups is 1. The van der Waals surface area contributed by atoms with Crippen LogP contribution in [0.2, 0.25) is 0 Å². The molecule has 28 heavy (non-hydrogen) atoms. The largest absolute Gasteiger partial charge is 0.493 e. The topological polar surface area (TPSA) is 58.1 Å². The average molecular weight is 389 g/mol. The van der Waals surface area contributed by atoms with Gasteiger partial charge in [-0.25, -0.2) is 4.99 Å². The van der Waals surface area contributed by atoms with E-state index in [-0.39, 0.29) is 0 Å². The summed E-state index contributed by atoms with van der Waals surface area (Å²) < 4.78 is 11.5. The molecule has 2 fully saturated rings. The van der Waals surface area contributed by atoms with Gasteiger partial charge < -0.3 is 20.1 Å². The minimum Gasteiger partial charge on any atom is -0.493 e. The second-order valence-corrected chi connectivity index (χ2v) is 7.94. The first-order valence-corrected chi connectivity index (χ1v) is 10.7. The molecule has 1 aliphatic heterocycles. The normalized spacial score (nSPS) is 19.3. The summed E-state index contributed by atoms with van der Waals surface area (Å²) in [6.07, 6.45) is 2.60. The van der Waals surface area contributed by atoms with Crippen molar-refractivity contribution >= 4 is 5.96 Å². The maximum Gasteiger partial charge on any atom is 0.191 e. The Hall–Kier alpha value is -1.79. The summed E-state index contributed by atoms with van der Waals surface area (Å²) in [4.78, 5) is 7.27. The van der Waals surface area contributed by atoms with Crippen LogP contribution in [0.4, 0.5) is 0 Å². The van der Waals surface area contributed by atoms with Gasteiger partial charge in [-0.05, 0) is 51.2 Å². The third-order valence-electron chi connectivity index (χ3n) is 5.38. The Morgan fingerprint density at radius 3 is 2.79 bits per heavy atom. The quantitative estimate of drug-likeness (QED) is 0.503. The Kier molecular flexibility index (Phi) is 7.98. The van der Waals surface area contributed by atoms with E-state index in [2.05, 4.69) is 54.5 Å². The molecule has 0 amide bonds. The third-order valence-corrected chi connectivity index (χ3v) is 5.38. The Bertz CT molecular complexity index is 639. The highest BCUT2D eigenvalue weighted by Crippen LogP contribution is 2.30. The number of nitrogens with one attached hydrogen (secondary N) is 2. The van der Waals surface area contributed by atoms with Gasteiger partial charge in [0.05, 0.1) is 26.4 Å². The summed E-state index contributed by atoms with van der Waals surface area (Å²) in [7, 11) is 0. The van der Waals surface area contributed by atoms with E-state index in [4.69, 9.17) is 14.5 Å². The van der Waals surface area contributed by atoms with Gasteiger partial charge in [0, 0.05) is 37.8 Å². The lowest BCUT2D eigenvalue weighted by Crippen LogP contribution is -2.49. The molecular formula is C22H36N4O2. The van der Waals surface area contributed by atoms with Crippen molar-refractivity contribution in [3.8, 4) is 5.75 Å². The highest BCUT2D eigenvalue weighted by Gasteiger charge is 2.22. The number of ether oxygens (including phenoxy) is 2. The second kappa shape index (κ2) is 10.7. The highest BCUT2D eigenvalue weighted by molar-refractivity contribution is 5.79. The molecule has 2 N–H and O–H groups in total. The lowest BCUT2D eigenvalue weighted by molar-refractivity contribution is 0.0211. The minimum absolute atomic E-state index is 0.449. The van der Waals surface area contributed by atoms with Crippen molar-refractivity contribution in [2.45, 2.75) is 46.2 Å². The molecule has 1 aliphatic carbocycles. The van der Waals surface area contributed by atoms with Crippen LogP contribution in [0.1, 0.15) is 37.8 Å². The number of hydrogen-bond donors (Lipinski definition) is 2. The van der Waals surface area contributed by atoms with Gasteiger partial charge in [0.1, 0.15) is 5.75 Å². The van der Waals surface area contributed by atoms with E-state index in [1.165, 1.54) is 18.4 Å². The van der Waals surface area contributed by atoms with Crippen LogP contribution in [0.3, 0.4) is 0 Å². The van der Waals surface area contributed by atoms with E-state index >= 15 is 0 Å². The van der Waals surface area contributed by atoms with Gasteiger partial charge in [-0.2, -0.15) is 0 Å². The molecule has 1 unspecified atom stereocenters. The zero-order valence-corrected chi connectivity index (χ0v) is 17.7. The Balaban J connectivity index is 1.57. The van der Waals surface area contributed by atoms with E-state index < -0.39 is 0 Å². The number of aryl methyl sites for hydroxylation is 1. The van der Waals surface area contributed by atoms with Gasteiger partial charge in [-0.15, -0.1) is 0 Å². The second-order valence-electron chi connectivity index (χ2n) is 7.94. The summed E-state index contributed by atoms with van der Waals surface area (Å²) in [5, 5.41) is 6.85. The lowest BCUT2D eigenvalue weighted by Gasteiger charge is -2.32. The SMILES string of the molecule is CCNC(=NCc1ccc(C)cc1OCC1CC1)NCC(C)N1CCOCC1. The smallest absolute Gasteiger partial charge is 0.191 e. The minimum atomic E-state index is 0.449. The molecule has 1 aromatic rings.